The fourth-order valence-corrected chi connectivity index (χ4v) is 4.85. The maximum Gasteiger partial charge on any atom is 0.494 e. The fourth-order valence-electron chi connectivity index (χ4n) is 3.53. The van der Waals surface area contributed by atoms with Crippen LogP contribution in [-0.4, -0.2) is 60.8 Å². The number of anilines is 2. The van der Waals surface area contributed by atoms with Gasteiger partial charge in [-0.2, -0.15) is 0 Å². The van der Waals surface area contributed by atoms with Gasteiger partial charge in [0, 0.05) is 23.3 Å². The average Bonchev–Trinajstić information content (AvgIpc) is 3.50. The Labute approximate surface area is 214 Å². The summed E-state index contributed by atoms with van der Waals surface area (Å²) in [5.41, 5.74) is 1.77. The molecule has 0 saturated carbocycles. The third-order valence-electron chi connectivity index (χ3n) is 6.27. The largest absolute Gasteiger partial charge is 0.494 e. The van der Waals surface area contributed by atoms with E-state index in [1.807, 2.05) is 57.3 Å². The molecule has 1 N–H and O–H groups in total. The van der Waals surface area contributed by atoms with Crippen LogP contribution >= 0.6 is 11.3 Å². The van der Waals surface area contributed by atoms with Crippen molar-refractivity contribution in [1.82, 2.24) is 8.96 Å². The van der Waals surface area contributed by atoms with Gasteiger partial charge in [-0.15, -0.1) is 11.3 Å². The van der Waals surface area contributed by atoms with Gasteiger partial charge in [0.2, 0.25) is 22.3 Å². The van der Waals surface area contributed by atoms with Crippen LogP contribution in [0.4, 0.5) is 10.8 Å². The van der Waals surface area contributed by atoms with Crippen LogP contribution in [0.1, 0.15) is 27.7 Å². The van der Waals surface area contributed by atoms with Crippen molar-refractivity contribution in [2.75, 3.05) is 23.0 Å². The van der Waals surface area contributed by atoms with Crippen molar-refractivity contribution in [3.05, 3.63) is 48.1 Å². The Balaban J connectivity index is 1.43. The summed E-state index contributed by atoms with van der Waals surface area (Å²) in [5, 5.41) is 4.88. The molecule has 0 radical (unpaired) electrons. The molecule has 36 heavy (non-hydrogen) atoms. The van der Waals surface area contributed by atoms with Crippen molar-refractivity contribution in [1.29, 1.82) is 0 Å². The van der Waals surface area contributed by atoms with Gasteiger partial charge in [0.25, 0.3) is 0 Å². The minimum Gasteiger partial charge on any atom is -0.399 e. The van der Waals surface area contributed by atoms with Gasteiger partial charge in [0.05, 0.1) is 28.8 Å². The van der Waals surface area contributed by atoms with Crippen molar-refractivity contribution in [3.8, 4) is 11.3 Å². The first-order valence-electron chi connectivity index (χ1n) is 11.1. The Morgan fingerprint density at radius 3 is 2.53 bits per heavy atom. The Bertz CT molecular complexity index is 1380. The second-order valence-corrected chi connectivity index (χ2v) is 12.2. The zero-order valence-electron chi connectivity index (χ0n) is 20.6. The molecule has 3 heterocycles. The second kappa shape index (κ2) is 9.47. The molecule has 0 spiro atoms. The molecular formula is C23H27BN4O6S2. The first-order chi connectivity index (χ1) is 16.8. The van der Waals surface area contributed by atoms with Crippen molar-refractivity contribution in [2.24, 2.45) is 0 Å². The molecule has 1 fully saturated rings. The molecule has 1 aliphatic rings. The van der Waals surface area contributed by atoms with E-state index in [9.17, 15) is 18.0 Å². The highest BCUT2D eigenvalue weighted by Crippen LogP contribution is 2.36. The van der Waals surface area contributed by atoms with Crippen LogP contribution in [0, 0.1) is 0 Å². The molecule has 3 aromatic rings. The van der Waals surface area contributed by atoms with Crippen LogP contribution in [-0.2, 0) is 28.9 Å². The lowest BCUT2D eigenvalue weighted by molar-refractivity contribution is -0.116. The summed E-state index contributed by atoms with van der Waals surface area (Å²) in [7, 11) is -4.00. The summed E-state index contributed by atoms with van der Waals surface area (Å²) in [6, 6.07) is 9.14. The average molecular weight is 530 g/mol. The van der Waals surface area contributed by atoms with E-state index in [1.165, 1.54) is 29.8 Å². The number of carbonyl (C=O) groups excluding carboxylic acids is 2. The lowest BCUT2D eigenvalue weighted by Crippen LogP contribution is -2.41. The Hall–Kier alpha value is -3.00. The second-order valence-electron chi connectivity index (χ2n) is 9.50. The molecule has 1 saturated heterocycles. The molecule has 0 atom stereocenters. The van der Waals surface area contributed by atoms with Crippen molar-refractivity contribution in [2.45, 2.75) is 38.9 Å². The van der Waals surface area contributed by atoms with Crippen molar-refractivity contribution < 1.29 is 27.3 Å². The highest BCUT2D eigenvalue weighted by molar-refractivity contribution is 7.89. The number of amides is 2. The van der Waals surface area contributed by atoms with Crippen LogP contribution in [0.15, 0.2) is 48.1 Å². The number of hydrogen-bond acceptors (Lipinski definition) is 8. The zero-order valence-corrected chi connectivity index (χ0v) is 22.2. The fraction of sp³-hybridized carbons (Fsp3) is 0.348. The molecular weight excluding hydrogens is 503 g/mol. The standard InChI is InChI=1S/C23H27BN4O6S2/c1-22(2)23(3,4)34-24(33-22)17-8-6-7-16(11-17)19-14-35-21(25-19)26-20(30)13-27(15-29)18-9-10-28(12-18)36(5,31)32/h6-12,14-15H,13H2,1-5H3,(H,25,26,30). The molecule has 13 heteroatoms. The number of carbonyl (C=O) groups is 2. The van der Waals surface area contributed by atoms with Gasteiger partial charge >= 0.3 is 7.12 Å². The number of aromatic nitrogens is 2. The van der Waals surface area contributed by atoms with E-state index in [4.69, 9.17) is 9.31 Å². The smallest absolute Gasteiger partial charge is 0.399 e. The molecule has 1 aromatic carbocycles. The predicted molar refractivity (Wildman–Crippen MR) is 140 cm³/mol. The number of rotatable bonds is 8. The Morgan fingerprint density at radius 1 is 1.22 bits per heavy atom. The van der Waals surface area contributed by atoms with Gasteiger partial charge in [-0.25, -0.2) is 13.4 Å². The van der Waals surface area contributed by atoms with Gasteiger partial charge in [0.1, 0.15) is 6.54 Å². The summed E-state index contributed by atoms with van der Waals surface area (Å²) in [6.45, 7) is 7.69. The van der Waals surface area contributed by atoms with E-state index in [0.717, 1.165) is 26.2 Å². The number of thiazole rings is 1. The maximum absolute atomic E-state index is 12.6. The highest BCUT2D eigenvalue weighted by Gasteiger charge is 2.51. The van der Waals surface area contributed by atoms with Crippen LogP contribution in [0.3, 0.4) is 0 Å². The Morgan fingerprint density at radius 2 is 1.92 bits per heavy atom. The monoisotopic (exact) mass is 530 g/mol. The van der Waals surface area contributed by atoms with Gasteiger partial charge in [-0.3, -0.25) is 13.6 Å². The van der Waals surface area contributed by atoms with E-state index < -0.39 is 34.3 Å². The quantitative estimate of drug-likeness (QED) is 0.351. The molecule has 190 valence electrons. The minimum atomic E-state index is -3.50. The molecule has 0 unspecified atom stereocenters. The Kier molecular flexibility index (Phi) is 6.86. The molecule has 2 amide bonds. The third-order valence-corrected chi connectivity index (χ3v) is 8.02. The zero-order chi connectivity index (χ0) is 26.3. The highest BCUT2D eigenvalue weighted by atomic mass is 32.2. The molecule has 0 bridgehead atoms. The topological polar surface area (TPSA) is 120 Å². The van der Waals surface area contributed by atoms with Gasteiger partial charge in [-0.1, -0.05) is 24.3 Å². The number of benzene rings is 1. The lowest BCUT2D eigenvalue weighted by atomic mass is 9.78. The number of nitrogens with one attached hydrogen (secondary N) is 1. The minimum absolute atomic E-state index is 0.282. The third kappa shape index (κ3) is 5.38. The van der Waals surface area contributed by atoms with E-state index in [1.54, 1.807) is 0 Å². The SMILES string of the molecule is CC1(C)OB(c2cccc(-c3csc(NC(=O)CN(C=O)c4ccn(S(C)(=O)=O)c4)n3)c2)OC1(C)C. The molecule has 10 nitrogen and oxygen atoms in total. The van der Waals surface area contributed by atoms with E-state index in [0.29, 0.717) is 17.2 Å². The molecule has 4 rings (SSSR count). The van der Waals surface area contributed by atoms with Crippen molar-refractivity contribution >= 4 is 57.1 Å². The van der Waals surface area contributed by atoms with Gasteiger partial charge in [0.15, 0.2) is 5.13 Å². The first-order valence-corrected chi connectivity index (χ1v) is 13.8. The normalized spacial score (nSPS) is 16.6. The van der Waals surface area contributed by atoms with Gasteiger partial charge < -0.3 is 19.5 Å². The van der Waals surface area contributed by atoms with Gasteiger partial charge in [-0.05, 0) is 39.2 Å². The van der Waals surface area contributed by atoms with Crippen LogP contribution < -0.4 is 15.7 Å². The van der Waals surface area contributed by atoms with Crippen molar-refractivity contribution in [3.63, 3.8) is 0 Å². The number of hydrogen-bond donors (Lipinski definition) is 1. The van der Waals surface area contributed by atoms with Crippen LogP contribution in [0.2, 0.25) is 0 Å². The lowest BCUT2D eigenvalue weighted by Gasteiger charge is -2.32. The summed E-state index contributed by atoms with van der Waals surface area (Å²) in [5.74, 6) is -0.471. The summed E-state index contributed by atoms with van der Waals surface area (Å²) in [6.07, 6.45) is 4.09. The molecule has 2 aromatic heterocycles. The van der Waals surface area contributed by atoms with Crippen LogP contribution in [0.5, 0.6) is 0 Å². The van der Waals surface area contributed by atoms with E-state index >= 15 is 0 Å². The summed E-state index contributed by atoms with van der Waals surface area (Å²) >= 11 is 1.25. The summed E-state index contributed by atoms with van der Waals surface area (Å²) < 4.78 is 36.5. The summed E-state index contributed by atoms with van der Waals surface area (Å²) in [4.78, 5) is 29.7. The van der Waals surface area contributed by atoms with E-state index in [2.05, 4.69) is 10.3 Å². The van der Waals surface area contributed by atoms with E-state index in [-0.39, 0.29) is 12.2 Å². The first kappa shape index (κ1) is 26.1. The molecule has 1 aliphatic heterocycles. The predicted octanol–water partition coefficient (Wildman–Crippen LogP) is 2.32. The van der Waals surface area contributed by atoms with Crippen LogP contribution in [0.25, 0.3) is 11.3 Å². The number of nitrogens with zero attached hydrogens (tertiary/aromatic N) is 3. The molecule has 0 aliphatic carbocycles. The maximum atomic E-state index is 12.6.